The summed E-state index contributed by atoms with van der Waals surface area (Å²) in [6.07, 6.45) is 0.910. The van der Waals surface area contributed by atoms with Gasteiger partial charge in [-0.25, -0.2) is 0 Å². The number of aromatic nitrogens is 2. The van der Waals surface area contributed by atoms with E-state index in [4.69, 9.17) is 11.6 Å². The Balaban J connectivity index is 2.58. The quantitative estimate of drug-likeness (QED) is 0.862. The van der Waals surface area contributed by atoms with Crippen LogP contribution in [0.2, 0.25) is 5.02 Å². The second-order valence-electron chi connectivity index (χ2n) is 4.90. The lowest BCUT2D eigenvalue weighted by atomic mass is 10.1. The highest BCUT2D eigenvalue weighted by atomic mass is 35.5. The standard InChI is InChI=1S/C11H20ClN3/c1-8-10(12)9(15(5)14-8)6-7-13-11(2,3)4/h13H,6-7H2,1-5H3. The molecule has 0 aliphatic rings. The highest BCUT2D eigenvalue weighted by molar-refractivity contribution is 6.31. The van der Waals surface area contributed by atoms with Crippen LogP contribution >= 0.6 is 11.6 Å². The first kappa shape index (κ1) is 12.5. The molecule has 0 atom stereocenters. The second-order valence-corrected chi connectivity index (χ2v) is 5.27. The van der Waals surface area contributed by atoms with Crippen molar-refractivity contribution < 1.29 is 0 Å². The van der Waals surface area contributed by atoms with Crippen molar-refractivity contribution in [2.45, 2.75) is 39.7 Å². The third-order valence-corrected chi connectivity index (χ3v) is 2.77. The topological polar surface area (TPSA) is 29.9 Å². The Morgan fingerprint density at radius 2 is 2.00 bits per heavy atom. The van der Waals surface area contributed by atoms with Crippen molar-refractivity contribution in [1.82, 2.24) is 15.1 Å². The molecule has 0 aliphatic carbocycles. The van der Waals surface area contributed by atoms with Crippen molar-refractivity contribution in [1.29, 1.82) is 0 Å². The maximum Gasteiger partial charge on any atom is 0.0847 e. The van der Waals surface area contributed by atoms with Crippen molar-refractivity contribution >= 4 is 11.6 Å². The molecule has 0 fully saturated rings. The molecule has 0 aliphatic heterocycles. The first-order valence-electron chi connectivity index (χ1n) is 5.24. The maximum absolute atomic E-state index is 6.15. The van der Waals surface area contributed by atoms with Crippen molar-refractivity contribution in [2.24, 2.45) is 7.05 Å². The van der Waals surface area contributed by atoms with Crippen LogP contribution in [-0.2, 0) is 13.5 Å². The molecule has 0 aromatic carbocycles. The number of nitrogens with one attached hydrogen (secondary N) is 1. The van der Waals surface area contributed by atoms with Gasteiger partial charge in [-0.15, -0.1) is 0 Å². The van der Waals surface area contributed by atoms with Crippen LogP contribution in [0.5, 0.6) is 0 Å². The van der Waals surface area contributed by atoms with Crippen LogP contribution in [0.3, 0.4) is 0 Å². The van der Waals surface area contributed by atoms with E-state index in [9.17, 15) is 0 Å². The SMILES string of the molecule is Cc1nn(C)c(CCNC(C)(C)C)c1Cl. The molecular weight excluding hydrogens is 210 g/mol. The van der Waals surface area contributed by atoms with Gasteiger partial charge in [0.05, 0.1) is 16.4 Å². The summed E-state index contributed by atoms with van der Waals surface area (Å²) in [5.74, 6) is 0. The largest absolute Gasteiger partial charge is 0.312 e. The van der Waals surface area contributed by atoms with Crippen molar-refractivity contribution in [2.75, 3.05) is 6.54 Å². The van der Waals surface area contributed by atoms with Gasteiger partial charge in [0.25, 0.3) is 0 Å². The van der Waals surface area contributed by atoms with E-state index in [0.717, 1.165) is 29.4 Å². The normalized spacial score (nSPS) is 12.1. The van der Waals surface area contributed by atoms with E-state index in [2.05, 4.69) is 31.2 Å². The van der Waals surface area contributed by atoms with E-state index in [-0.39, 0.29) is 5.54 Å². The molecule has 1 aromatic rings. The molecule has 4 heteroatoms. The fraction of sp³-hybridized carbons (Fsp3) is 0.727. The predicted molar refractivity (Wildman–Crippen MR) is 64.4 cm³/mol. The molecule has 0 radical (unpaired) electrons. The summed E-state index contributed by atoms with van der Waals surface area (Å²) < 4.78 is 1.86. The molecule has 0 saturated heterocycles. The minimum atomic E-state index is 0.153. The molecule has 0 amide bonds. The van der Waals surface area contributed by atoms with Crippen LogP contribution in [0.25, 0.3) is 0 Å². The molecule has 0 spiro atoms. The van der Waals surface area contributed by atoms with Crippen LogP contribution < -0.4 is 5.32 Å². The highest BCUT2D eigenvalue weighted by Gasteiger charge is 2.12. The van der Waals surface area contributed by atoms with Gasteiger partial charge in [0.2, 0.25) is 0 Å². The van der Waals surface area contributed by atoms with E-state index in [0.29, 0.717) is 0 Å². The first-order chi connectivity index (χ1) is 6.81. The monoisotopic (exact) mass is 229 g/mol. The Morgan fingerprint density at radius 3 is 2.40 bits per heavy atom. The van der Waals surface area contributed by atoms with Crippen molar-refractivity contribution in [3.05, 3.63) is 16.4 Å². The van der Waals surface area contributed by atoms with E-state index in [1.54, 1.807) is 0 Å². The number of rotatable bonds is 3. The number of hydrogen-bond donors (Lipinski definition) is 1. The summed E-state index contributed by atoms with van der Waals surface area (Å²) in [6.45, 7) is 9.32. The molecule has 15 heavy (non-hydrogen) atoms. The third-order valence-electron chi connectivity index (χ3n) is 2.28. The van der Waals surface area contributed by atoms with Gasteiger partial charge < -0.3 is 5.32 Å². The number of halogens is 1. The molecule has 1 aromatic heterocycles. The molecule has 86 valence electrons. The Kier molecular flexibility index (Phi) is 3.79. The Morgan fingerprint density at radius 1 is 1.40 bits per heavy atom. The number of hydrogen-bond acceptors (Lipinski definition) is 2. The smallest absolute Gasteiger partial charge is 0.0847 e. The molecule has 0 unspecified atom stereocenters. The number of aryl methyl sites for hydroxylation is 2. The van der Waals surface area contributed by atoms with E-state index >= 15 is 0 Å². The van der Waals surface area contributed by atoms with Crippen LogP contribution in [0.15, 0.2) is 0 Å². The zero-order chi connectivity index (χ0) is 11.6. The lowest BCUT2D eigenvalue weighted by Gasteiger charge is -2.20. The van der Waals surface area contributed by atoms with Gasteiger partial charge in [0.1, 0.15) is 0 Å². The third kappa shape index (κ3) is 3.50. The molecular formula is C11H20ClN3. The van der Waals surface area contributed by atoms with E-state index in [1.165, 1.54) is 0 Å². The summed E-state index contributed by atoms with van der Waals surface area (Å²) in [7, 11) is 1.94. The molecule has 0 bridgehead atoms. The summed E-state index contributed by atoms with van der Waals surface area (Å²) in [6, 6.07) is 0. The summed E-state index contributed by atoms with van der Waals surface area (Å²) >= 11 is 6.15. The van der Waals surface area contributed by atoms with Gasteiger partial charge in [-0.1, -0.05) is 11.6 Å². The second kappa shape index (κ2) is 4.54. The Bertz CT molecular complexity index is 336. The molecule has 1 heterocycles. The van der Waals surface area contributed by atoms with Crippen LogP contribution in [0, 0.1) is 6.92 Å². The van der Waals surface area contributed by atoms with Gasteiger partial charge in [-0.2, -0.15) is 5.10 Å². The van der Waals surface area contributed by atoms with Crippen LogP contribution in [-0.4, -0.2) is 21.9 Å². The lowest BCUT2D eigenvalue weighted by Crippen LogP contribution is -2.37. The van der Waals surface area contributed by atoms with Gasteiger partial charge in [0, 0.05) is 25.6 Å². The van der Waals surface area contributed by atoms with Crippen molar-refractivity contribution in [3.8, 4) is 0 Å². The van der Waals surface area contributed by atoms with E-state index in [1.807, 2.05) is 18.7 Å². The summed E-state index contributed by atoms with van der Waals surface area (Å²) in [5, 5.41) is 8.52. The molecule has 0 saturated carbocycles. The maximum atomic E-state index is 6.15. The van der Waals surface area contributed by atoms with Crippen LogP contribution in [0.4, 0.5) is 0 Å². The Hall–Kier alpha value is -0.540. The van der Waals surface area contributed by atoms with Gasteiger partial charge in [-0.05, 0) is 27.7 Å². The fourth-order valence-electron chi connectivity index (χ4n) is 1.51. The van der Waals surface area contributed by atoms with Gasteiger partial charge in [-0.3, -0.25) is 4.68 Å². The average molecular weight is 230 g/mol. The average Bonchev–Trinajstić information content (AvgIpc) is 2.29. The molecule has 1 N–H and O–H groups in total. The number of nitrogens with zero attached hydrogens (tertiary/aromatic N) is 2. The zero-order valence-electron chi connectivity index (χ0n) is 10.2. The van der Waals surface area contributed by atoms with Gasteiger partial charge in [0.15, 0.2) is 0 Å². The van der Waals surface area contributed by atoms with Crippen molar-refractivity contribution in [3.63, 3.8) is 0 Å². The minimum Gasteiger partial charge on any atom is -0.312 e. The lowest BCUT2D eigenvalue weighted by molar-refractivity contribution is 0.426. The zero-order valence-corrected chi connectivity index (χ0v) is 10.9. The van der Waals surface area contributed by atoms with Crippen LogP contribution in [0.1, 0.15) is 32.2 Å². The molecule has 3 nitrogen and oxygen atoms in total. The highest BCUT2D eigenvalue weighted by Crippen LogP contribution is 2.19. The summed E-state index contributed by atoms with van der Waals surface area (Å²) in [4.78, 5) is 0. The minimum absolute atomic E-state index is 0.153. The van der Waals surface area contributed by atoms with E-state index < -0.39 is 0 Å². The molecule has 1 rings (SSSR count). The Labute approximate surface area is 96.8 Å². The summed E-state index contributed by atoms with van der Waals surface area (Å²) in [5.41, 5.74) is 2.16. The predicted octanol–water partition coefficient (Wildman–Crippen LogP) is 2.31. The van der Waals surface area contributed by atoms with Gasteiger partial charge >= 0.3 is 0 Å². The fourth-order valence-corrected chi connectivity index (χ4v) is 1.76. The first-order valence-corrected chi connectivity index (χ1v) is 5.62.